The van der Waals surface area contributed by atoms with Gasteiger partial charge in [-0.3, -0.25) is 0 Å². The van der Waals surface area contributed by atoms with Crippen molar-refractivity contribution in [3.8, 4) is 11.5 Å². The highest BCUT2D eigenvalue weighted by molar-refractivity contribution is 7.89. The second-order valence-electron chi connectivity index (χ2n) is 6.15. The van der Waals surface area contributed by atoms with Crippen LogP contribution in [-0.4, -0.2) is 37.5 Å². The molecule has 6 nitrogen and oxygen atoms in total. The molecule has 9 heteroatoms. The summed E-state index contributed by atoms with van der Waals surface area (Å²) in [5.74, 6) is 1.39. The van der Waals surface area contributed by atoms with Gasteiger partial charge in [-0.15, -0.1) is 0 Å². The largest absolute Gasteiger partial charge is 0.490 e. The van der Waals surface area contributed by atoms with Crippen LogP contribution in [0.5, 0.6) is 11.5 Å². The van der Waals surface area contributed by atoms with Gasteiger partial charge in [0.1, 0.15) is 10.0 Å². The van der Waals surface area contributed by atoms with Crippen LogP contribution in [0.3, 0.4) is 0 Å². The Balaban J connectivity index is 1.65. The van der Waals surface area contributed by atoms with Gasteiger partial charge in [0.2, 0.25) is 10.0 Å². The van der Waals surface area contributed by atoms with Gasteiger partial charge in [-0.25, -0.2) is 13.4 Å². The number of sulfonamides is 1. The molecule has 0 aliphatic carbocycles. The summed E-state index contributed by atoms with van der Waals surface area (Å²) < 4.78 is 38.7. The van der Waals surface area contributed by atoms with Crippen LogP contribution in [0.15, 0.2) is 29.3 Å². The van der Waals surface area contributed by atoms with E-state index in [0.29, 0.717) is 31.9 Å². The van der Waals surface area contributed by atoms with E-state index in [0.717, 1.165) is 23.3 Å². The standard InChI is InChI=1S/C17H16Cl2N2O4S/c18-14-8-13(9-20-17(14)19)26(22,23)21-3-2-11-6-15-16(7-12(11)10-21)25-5-1-4-24-15/h6-9H,1-5,10H2. The number of hydrogen-bond acceptors (Lipinski definition) is 5. The van der Waals surface area contributed by atoms with Gasteiger partial charge in [0, 0.05) is 25.7 Å². The Morgan fingerprint density at radius 3 is 2.42 bits per heavy atom. The molecule has 0 saturated carbocycles. The van der Waals surface area contributed by atoms with Gasteiger partial charge in [-0.05, 0) is 35.7 Å². The molecule has 0 radical (unpaired) electrons. The van der Waals surface area contributed by atoms with Crippen LogP contribution in [0.4, 0.5) is 0 Å². The first kappa shape index (κ1) is 17.9. The first-order valence-electron chi connectivity index (χ1n) is 8.18. The number of aromatic nitrogens is 1. The second kappa shape index (κ2) is 6.88. The highest BCUT2D eigenvalue weighted by Gasteiger charge is 2.30. The van der Waals surface area contributed by atoms with Crippen LogP contribution in [0.2, 0.25) is 10.2 Å². The number of pyridine rings is 1. The summed E-state index contributed by atoms with van der Waals surface area (Å²) in [5, 5.41) is 0.190. The van der Waals surface area contributed by atoms with Crippen molar-refractivity contribution in [2.24, 2.45) is 0 Å². The average molecular weight is 415 g/mol. The van der Waals surface area contributed by atoms with Crippen LogP contribution in [0, 0.1) is 0 Å². The fraction of sp³-hybridized carbons (Fsp3) is 0.353. The minimum Gasteiger partial charge on any atom is -0.490 e. The van der Waals surface area contributed by atoms with Gasteiger partial charge in [0.05, 0.1) is 18.2 Å². The third-order valence-corrected chi connectivity index (χ3v) is 6.95. The Morgan fingerprint density at radius 2 is 1.73 bits per heavy atom. The first-order chi connectivity index (χ1) is 12.4. The number of ether oxygens (including phenoxy) is 2. The molecule has 0 atom stereocenters. The molecule has 1 aromatic carbocycles. The summed E-state index contributed by atoms with van der Waals surface area (Å²) >= 11 is 11.7. The van der Waals surface area contributed by atoms with Crippen LogP contribution in [0.1, 0.15) is 17.5 Å². The molecular weight excluding hydrogens is 399 g/mol. The third-order valence-electron chi connectivity index (χ3n) is 4.46. The average Bonchev–Trinajstić information content (AvgIpc) is 2.86. The summed E-state index contributed by atoms with van der Waals surface area (Å²) in [4.78, 5) is 3.88. The number of benzene rings is 1. The van der Waals surface area contributed by atoms with Crippen LogP contribution >= 0.6 is 23.2 Å². The smallest absolute Gasteiger partial charge is 0.244 e. The van der Waals surface area contributed by atoms with Crippen LogP contribution < -0.4 is 9.47 Å². The zero-order chi connectivity index (χ0) is 18.3. The predicted octanol–water partition coefficient (Wildman–Crippen LogP) is 3.30. The van der Waals surface area contributed by atoms with E-state index >= 15 is 0 Å². The van der Waals surface area contributed by atoms with E-state index < -0.39 is 10.0 Å². The maximum Gasteiger partial charge on any atom is 0.244 e. The maximum absolute atomic E-state index is 12.9. The molecule has 0 bridgehead atoms. The molecule has 2 aliphatic heterocycles. The van der Waals surface area contributed by atoms with Crippen molar-refractivity contribution < 1.29 is 17.9 Å². The monoisotopic (exact) mass is 414 g/mol. The van der Waals surface area contributed by atoms with Gasteiger partial charge in [0.15, 0.2) is 11.5 Å². The topological polar surface area (TPSA) is 68.7 Å². The fourth-order valence-electron chi connectivity index (χ4n) is 3.09. The van der Waals surface area contributed by atoms with Crippen molar-refractivity contribution in [1.29, 1.82) is 0 Å². The highest BCUT2D eigenvalue weighted by Crippen LogP contribution is 2.36. The Bertz CT molecular complexity index is 965. The molecule has 0 spiro atoms. The molecule has 2 aliphatic rings. The molecule has 0 N–H and O–H groups in total. The Morgan fingerprint density at radius 1 is 1.04 bits per heavy atom. The number of rotatable bonds is 2. The zero-order valence-corrected chi connectivity index (χ0v) is 16.1. The molecule has 0 amide bonds. The molecule has 1 aromatic heterocycles. The van der Waals surface area contributed by atoms with E-state index in [2.05, 4.69) is 4.98 Å². The minimum absolute atomic E-state index is 0.0321. The quantitative estimate of drug-likeness (QED) is 0.705. The van der Waals surface area contributed by atoms with E-state index in [1.807, 2.05) is 12.1 Å². The highest BCUT2D eigenvalue weighted by atomic mass is 35.5. The van der Waals surface area contributed by atoms with Gasteiger partial charge < -0.3 is 9.47 Å². The lowest BCUT2D eigenvalue weighted by Gasteiger charge is -2.28. The second-order valence-corrected chi connectivity index (χ2v) is 8.85. The number of nitrogens with zero attached hydrogens (tertiary/aromatic N) is 2. The number of hydrogen-bond donors (Lipinski definition) is 0. The first-order valence-corrected chi connectivity index (χ1v) is 10.4. The van der Waals surface area contributed by atoms with E-state index in [1.54, 1.807) is 0 Å². The third kappa shape index (κ3) is 3.24. The van der Waals surface area contributed by atoms with Gasteiger partial charge in [0.25, 0.3) is 0 Å². The molecule has 26 heavy (non-hydrogen) atoms. The van der Waals surface area contributed by atoms with Crippen molar-refractivity contribution in [3.63, 3.8) is 0 Å². The van der Waals surface area contributed by atoms with Crippen LogP contribution in [0.25, 0.3) is 0 Å². The van der Waals surface area contributed by atoms with Crippen molar-refractivity contribution in [2.75, 3.05) is 19.8 Å². The molecular formula is C17H16Cl2N2O4S. The van der Waals surface area contributed by atoms with E-state index in [4.69, 9.17) is 32.7 Å². The molecule has 3 heterocycles. The zero-order valence-electron chi connectivity index (χ0n) is 13.7. The Labute approximate surface area is 161 Å². The minimum atomic E-state index is -3.72. The maximum atomic E-state index is 12.9. The van der Waals surface area contributed by atoms with Crippen LogP contribution in [-0.2, 0) is 23.0 Å². The normalized spacial score (nSPS) is 17.5. The SMILES string of the molecule is O=S(=O)(c1cnc(Cl)c(Cl)c1)N1CCc2cc3c(cc2C1)OCCCO3. The van der Waals surface area contributed by atoms with Crippen molar-refractivity contribution in [3.05, 3.63) is 45.7 Å². The van der Waals surface area contributed by atoms with Crippen molar-refractivity contribution >= 4 is 33.2 Å². The van der Waals surface area contributed by atoms with Crippen molar-refractivity contribution in [2.45, 2.75) is 24.3 Å². The Hall–Kier alpha value is -1.54. The van der Waals surface area contributed by atoms with E-state index in [9.17, 15) is 8.42 Å². The summed E-state index contributed by atoms with van der Waals surface area (Å²) in [6, 6.07) is 5.17. The molecule has 4 rings (SSSR count). The molecule has 0 fully saturated rings. The van der Waals surface area contributed by atoms with E-state index in [1.165, 1.54) is 16.6 Å². The lowest BCUT2D eigenvalue weighted by atomic mass is 10.0. The summed E-state index contributed by atoms with van der Waals surface area (Å²) in [5.41, 5.74) is 1.99. The molecule has 0 saturated heterocycles. The molecule has 138 valence electrons. The lowest BCUT2D eigenvalue weighted by molar-refractivity contribution is 0.297. The summed E-state index contributed by atoms with van der Waals surface area (Å²) in [7, 11) is -3.72. The van der Waals surface area contributed by atoms with Gasteiger partial charge in [-0.1, -0.05) is 23.2 Å². The number of fused-ring (bicyclic) bond motifs is 2. The summed E-state index contributed by atoms with van der Waals surface area (Å²) in [6.07, 6.45) is 2.65. The van der Waals surface area contributed by atoms with Gasteiger partial charge in [-0.2, -0.15) is 4.31 Å². The summed E-state index contributed by atoms with van der Waals surface area (Å²) in [6.45, 7) is 1.84. The number of halogens is 2. The van der Waals surface area contributed by atoms with Gasteiger partial charge >= 0.3 is 0 Å². The Kier molecular flexibility index (Phi) is 4.73. The van der Waals surface area contributed by atoms with E-state index in [-0.39, 0.29) is 21.6 Å². The molecule has 2 aromatic rings. The lowest BCUT2D eigenvalue weighted by Crippen LogP contribution is -2.36. The molecule has 0 unspecified atom stereocenters. The van der Waals surface area contributed by atoms with Crippen molar-refractivity contribution in [1.82, 2.24) is 9.29 Å². The predicted molar refractivity (Wildman–Crippen MR) is 97.6 cm³/mol. The fourth-order valence-corrected chi connectivity index (χ4v) is 4.81.